The van der Waals surface area contributed by atoms with E-state index < -0.39 is 5.82 Å². The van der Waals surface area contributed by atoms with Crippen molar-refractivity contribution in [2.24, 2.45) is 0 Å². The van der Waals surface area contributed by atoms with E-state index in [0.29, 0.717) is 5.82 Å². The highest BCUT2D eigenvalue weighted by Gasteiger charge is 2.08. The first-order chi connectivity index (χ1) is 8.95. The van der Waals surface area contributed by atoms with Crippen LogP contribution in [-0.2, 0) is 0 Å². The molecule has 0 spiro atoms. The summed E-state index contributed by atoms with van der Waals surface area (Å²) in [4.78, 5) is 18.2. The van der Waals surface area contributed by atoms with Gasteiger partial charge >= 0.3 is 0 Å². The largest absolute Gasteiger partial charge is 0.439 e. The molecule has 0 aliphatic rings. The summed E-state index contributed by atoms with van der Waals surface area (Å²) in [6.07, 6.45) is 0. The van der Waals surface area contributed by atoms with Gasteiger partial charge in [-0.2, -0.15) is 4.98 Å². The van der Waals surface area contributed by atoms with Crippen LogP contribution in [0.25, 0.3) is 0 Å². The van der Waals surface area contributed by atoms with Gasteiger partial charge in [0.1, 0.15) is 17.4 Å². The van der Waals surface area contributed by atoms with Crippen LogP contribution in [0.1, 0.15) is 25.6 Å². The molecule has 100 valence electrons. The van der Waals surface area contributed by atoms with Crippen molar-refractivity contribution >= 4 is 5.69 Å². The van der Waals surface area contributed by atoms with Crippen LogP contribution in [-0.4, -0.2) is 9.97 Å². The first-order valence-electron chi connectivity index (χ1n) is 5.80. The van der Waals surface area contributed by atoms with Crippen LogP contribution in [0.15, 0.2) is 29.1 Å². The average molecular weight is 263 g/mol. The number of H-pyrrole nitrogens is 1. The average Bonchev–Trinajstić information content (AvgIpc) is 2.33. The minimum absolute atomic E-state index is 0.0362. The smallest absolute Gasteiger partial charge is 0.254 e. The van der Waals surface area contributed by atoms with E-state index >= 15 is 0 Å². The van der Waals surface area contributed by atoms with Crippen LogP contribution in [0.2, 0.25) is 0 Å². The van der Waals surface area contributed by atoms with Crippen molar-refractivity contribution < 1.29 is 9.13 Å². The Kier molecular flexibility index (Phi) is 3.50. The van der Waals surface area contributed by atoms with Crippen molar-refractivity contribution in [3.63, 3.8) is 0 Å². The molecule has 6 heteroatoms. The van der Waals surface area contributed by atoms with Crippen molar-refractivity contribution in [1.82, 2.24) is 9.97 Å². The lowest BCUT2D eigenvalue weighted by atomic mass is 10.2. The zero-order valence-corrected chi connectivity index (χ0v) is 10.6. The number of nitrogens with two attached hydrogens (primary N) is 1. The molecule has 0 aliphatic heterocycles. The fourth-order valence-electron chi connectivity index (χ4n) is 1.47. The van der Waals surface area contributed by atoms with Gasteiger partial charge in [0.05, 0.1) is 11.8 Å². The van der Waals surface area contributed by atoms with E-state index in [9.17, 15) is 9.18 Å². The number of hydrogen-bond donors (Lipinski definition) is 2. The van der Waals surface area contributed by atoms with Crippen molar-refractivity contribution in [1.29, 1.82) is 0 Å². The number of aromatic amines is 1. The molecule has 0 radical (unpaired) electrons. The molecular formula is C13H14FN3O2. The van der Waals surface area contributed by atoms with E-state index in [-0.39, 0.29) is 28.8 Å². The monoisotopic (exact) mass is 263 g/mol. The Labute approximate surface area is 109 Å². The van der Waals surface area contributed by atoms with E-state index in [1.807, 2.05) is 13.8 Å². The third kappa shape index (κ3) is 3.09. The molecule has 0 saturated carbocycles. The lowest BCUT2D eigenvalue weighted by molar-refractivity contribution is 0.451. The highest BCUT2D eigenvalue weighted by atomic mass is 19.1. The van der Waals surface area contributed by atoms with E-state index in [0.717, 1.165) is 6.07 Å². The summed E-state index contributed by atoms with van der Waals surface area (Å²) >= 11 is 0. The maximum absolute atomic E-state index is 13.3. The number of benzene rings is 1. The van der Waals surface area contributed by atoms with Gasteiger partial charge in [-0.25, -0.2) is 4.39 Å². The topological polar surface area (TPSA) is 81.0 Å². The number of aromatic nitrogens is 2. The van der Waals surface area contributed by atoms with E-state index in [2.05, 4.69) is 9.97 Å². The molecule has 0 aliphatic carbocycles. The van der Waals surface area contributed by atoms with Crippen LogP contribution >= 0.6 is 0 Å². The molecule has 0 bridgehead atoms. The third-order valence-electron chi connectivity index (χ3n) is 2.48. The maximum atomic E-state index is 13.3. The summed E-state index contributed by atoms with van der Waals surface area (Å²) in [6, 6.07) is 5.25. The molecule has 2 rings (SSSR count). The zero-order chi connectivity index (χ0) is 14.0. The fraction of sp³-hybridized carbons (Fsp3) is 0.231. The second-order valence-electron chi connectivity index (χ2n) is 4.41. The first kappa shape index (κ1) is 13.1. The quantitative estimate of drug-likeness (QED) is 0.833. The number of halogens is 1. The highest BCUT2D eigenvalue weighted by Crippen LogP contribution is 2.23. The van der Waals surface area contributed by atoms with Gasteiger partial charge in [-0.1, -0.05) is 13.8 Å². The summed E-state index contributed by atoms with van der Waals surface area (Å²) in [5.41, 5.74) is 5.09. The van der Waals surface area contributed by atoms with E-state index in [4.69, 9.17) is 10.5 Å². The molecule has 0 amide bonds. The van der Waals surface area contributed by atoms with Crippen molar-refractivity contribution in [3.05, 3.63) is 46.3 Å². The summed E-state index contributed by atoms with van der Waals surface area (Å²) in [5, 5.41) is 0. The Bertz CT molecular complexity index is 653. The SMILES string of the molecule is CC(C)c1nc(Oc2ccc(N)c(F)c2)cc(=O)[nH]1. The van der Waals surface area contributed by atoms with Gasteiger partial charge in [0.25, 0.3) is 5.56 Å². The number of hydrogen-bond acceptors (Lipinski definition) is 4. The minimum atomic E-state index is -0.577. The molecule has 3 N–H and O–H groups in total. The molecular weight excluding hydrogens is 249 g/mol. The lowest BCUT2D eigenvalue weighted by Crippen LogP contribution is -2.11. The molecule has 5 nitrogen and oxygen atoms in total. The van der Waals surface area contributed by atoms with Crippen LogP contribution in [0.5, 0.6) is 11.6 Å². The van der Waals surface area contributed by atoms with Crippen LogP contribution in [0, 0.1) is 5.82 Å². The fourth-order valence-corrected chi connectivity index (χ4v) is 1.47. The standard InChI is InChI=1S/C13H14FN3O2/c1-7(2)13-16-11(18)6-12(17-13)19-8-3-4-10(15)9(14)5-8/h3-7H,15H2,1-2H3,(H,16,17,18). The predicted molar refractivity (Wildman–Crippen MR) is 69.8 cm³/mol. The van der Waals surface area contributed by atoms with Crippen molar-refractivity contribution in [3.8, 4) is 11.6 Å². The molecule has 19 heavy (non-hydrogen) atoms. The summed E-state index contributed by atoms with van der Waals surface area (Å²) < 4.78 is 18.6. The second kappa shape index (κ2) is 5.09. The number of nitrogen functional groups attached to an aromatic ring is 1. The van der Waals surface area contributed by atoms with Gasteiger partial charge in [0, 0.05) is 12.0 Å². The number of nitrogens with one attached hydrogen (secondary N) is 1. The Morgan fingerprint density at radius 1 is 1.37 bits per heavy atom. The Morgan fingerprint density at radius 3 is 2.74 bits per heavy atom. The Balaban J connectivity index is 2.32. The van der Waals surface area contributed by atoms with E-state index in [1.54, 1.807) is 0 Å². The molecule has 1 aromatic heterocycles. The number of rotatable bonds is 3. The van der Waals surface area contributed by atoms with Crippen molar-refractivity contribution in [2.45, 2.75) is 19.8 Å². The van der Waals surface area contributed by atoms with Crippen LogP contribution in [0.4, 0.5) is 10.1 Å². The van der Waals surface area contributed by atoms with Gasteiger partial charge in [-0.05, 0) is 12.1 Å². The third-order valence-corrected chi connectivity index (χ3v) is 2.48. The molecule has 0 unspecified atom stereocenters. The summed E-state index contributed by atoms with van der Waals surface area (Å²) in [7, 11) is 0. The van der Waals surface area contributed by atoms with Crippen molar-refractivity contribution in [2.75, 3.05) is 5.73 Å². The molecule has 0 atom stereocenters. The van der Waals surface area contributed by atoms with Gasteiger partial charge in [0.2, 0.25) is 5.88 Å². The summed E-state index contributed by atoms with van der Waals surface area (Å²) in [5.74, 6) is 0.348. The maximum Gasteiger partial charge on any atom is 0.254 e. The lowest BCUT2D eigenvalue weighted by Gasteiger charge is -2.08. The number of nitrogens with zero attached hydrogens (tertiary/aromatic N) is 1. The van der Waals surface area contributed by atoms with Crippen LogP contribution in [0.3, 0.4) is 0 Å². The molecule has 1 heterocycles. The molecule has 1 aromatic carbocycles. The Morgan fingerprint density at radius 2 is 2.11 bits per heavy atom. The van der Waals surface area contributed by atoms with Gasteiger partial charge in [0.15, 0.2) is 0 Å². The highest BCUT2D eigenvalue weighted by molar-refractivity contribution is 5.44. The first-order valence-corrected chi connectivity index (χ1v) is 5.80. The van der Waals surface area contributed by atoms with Gasteiger partial charge in [-0.3, -0.25) is 4.79 Å². The predicted octanol–water partition coefficient (Wildman–Crippen LogP) is 2.41. The normalized spacial score (nSPS) is 10.7. The molecule has 0 saturated heterocycles. The molecule has 0 fully saturated rings. The number of anilines is 1. The zero-order valence-electron chi connectivity index (χ0n) is 10.6. The van der Waals surface area contributed by atoms with Crippen LogP contribution < -0.4 is 16.0 Å². The van der Waals surface area contributed by atoms with Gasteiger partial charge in [-0.15, -0.1) is 0 Å². The van der Waals surface area contributed by atoms with E-state index in [1.165, 1.54) is 18.2 Å². The van der Waals surface area contributed by atoms with Gasteiger partial charge < -0.3 is 15.5 Å². The minimum Gasteiger partial charge on any atom is -0.439 e. The Hall–Kier alpha value is -2.37. The number of ether oxygens (including phenoxy) is 1. The second-order valence-corrected chi connectivity index (χ2v) is 4.41. The summed E-state index contributed by atoms with van der Waals surface area (Å²) in [6.45, 7) is 3.79. The molecule has 2 aromatic rings.